The third-order valence-electron chi connectivity index (χ3n) is 4.31. The van der Waals surface area contributed by atoms with Gasteiger partial charge in [0.2, 0.25) is 0 Å². The van der Waals surface area contributed by atoms with Crippen molar-refractivity contribution < 1.29 is 0 Å². The van der Waals surface area contributed by atoms with Crippen molar-refractivity contribution in [1.82, 2.24) is 15.1 Å². The second-order valence-corrected chi connectivity index (χ2v) is 5.37. The van der Waals surface area contributed by atoms with E-state index in [-0.39, 0.29) is 0 Å². The van der Waals surface area contributed by atoms with Crippen LogP contribution in [0.4, 0.5) is 0 Å². The summed E-state index contributed by atoms with van der Waals surface area (Å²) in [6, 6.07) is 0.490. The predicted molar refractivity (Wildman–Crippen MR) is 71.1 cm³/mol. The van der Waals surface area contributed by atoms with Crippen molar-refractivity contribution in [3.05, 3.63) is 17.0 Å². The molecule has 1 aliphatic rings. The highest BCUT2D eigenvalue weighted by atomic mass is 15.3. The van der Waals surface area contributed by atoms with Crippen LogP contribution < -0.4 is 5.32 Å². The van der Waals surface area contributed by atoms with Gasteiger partial charge in [0.05, 0.1) is 5.69 Å². The highest BCUT2D eigenvalue weighted by Gasteiger charge is 2.27. The maximum Gasteiger partial charge on any atom is 0.0644 e. The molecule has 3 heteroatoms. The van der Waals surface area contributed by atoms with E-state index in [0.29, 0.717) is 6.04 Å². The summed E-state index contributed by atoms with van der Waals surface area (Å²) in [5.74, 6) is 0.787. The first-order chi connectivity index (χ1) is 8.15. The van der Waals surface area contributed by atoms with Crippen molar-refractivity contribution in [2.75, 3.05) is 7.05 Å². The van der Waals surface area contributed by atoms with Gasteiger partial charge < -0.3 is 5.32 Å². The van der Waals surface area contributed by atoms with Gasteiger partial charge in [0, 0.05) is 24.3 Å². The van der Waals surface area contributed by atoms with E-state index in [9.17, 15) is 0 Å². The number of nitrogens with zero attached hydrogens (tertiary/aromatic N) is 2. The molecule has 1 aromatic heterocycles. The topological polar surface area (TPSA) is 29.9 Å². The highest BCUT2D eigenvalue weighted by molar-refractivity contribution is 5.28. The Morgan fingerprint density at radius 1 is 1.24 bits per heavy atom. The van der Waals surface area contributed by atoms with Gasteiger partial charge in [0.25, 0.3) is 0 Å². The normalized spacial score (nSPS) is 19.5. The van der Waals surface area contributed by atoms with Gasteiger partial charge in [-0.15, -0.1) is 0 Å². The average molecular weight is 235 g/mol. The maximum absolute atomic E-state index is 4.55. The molecule has 0 radical (unpaired) electrons. The largest absolute Gasteiger partial charge is 0.313 e. The Hall–Kier alpha value is -0.830. The molecule has 1 saturated carbocycles. The predicted octanol–water partition coefficient (Wildman–Crippen LogP) is 2.88. The summed E-state index contributed by atoms with van der Waals surface area (Å²) in [4.78, 5) is 0. The number of aryl methyl sites for hydroxylation is 2. The van der Waals surface area contributed by atoms with E-state index in [0.717, 1.165) is 5.92 Å². The molecule has 0 bridgehead atoms. The summed E-state index contributed by atoms with van der Waals surface area (Å²) >= 11 is 0. The third-order valence-corrected chi connectivity index (χ3v) is 4.31. The second kappa shape index (κ2) is 5.21. The summed E-state index contributed by atoms with van der Waals surface area (Å²) in [6.45, 7) is 4.32. The summed E-state index contributed by atoms with van der Waals surface area (Å²) in [5, 5.41) is 8.08. The van der Waals surface area contributed by atoms with E-state index in [1.807, 2.05) is 11.7 Å². The van der Waals surface area contributed by atoms with E-state index in [1.54, 1.807) is 0 Å². The fourth-order valence-electron chi connectivity index (χ4n) is 3.32. The molecule has 0 aromatic carbocycles. The molecular formula is C14H25N3. The first-order valence-corrected chi connectivity index (χ1v) is 6.82. The van der Waals surface area contributed by atoms with Crippen LogP contribution >= 0.6 is 0 Å². The fourth-order valence-corrected chi connectivity index (χ4v) is 3.32. The van der Waals surface area contributed by atoms with Gasteiger partial charge in [0.1, 0.15) is 0 Å². The third kappa shape index (κ3) is 2.39. The molecule has 2 rings (SSSR count). The lowest BCUT2D eigenvalue weighted by molar-refractivity contribution is 0.280. The zero-order chi connectivity index (χ0) is 12.4. The number of aromatic nitrogens is 2. The van der Waals surface area contributed by atoms with Gasteiger partial charge in [-0.2, -0.15) is 5.10 Å². The van der Waals surface area contributed by atoms with Crippen LogP contribution in [-0.2, 0) is 7.05 Å². The molecule has 96 valence electrons. The smallest absolute Gasteiger partial charge is 0.0644 e. The lowest BCUT2D eigenvalue weighted by Gasteiger charge is -2.30. The van der Waals surface area contributed by atoms with Gasteiger partial charge in [-0.1, -0.05) is 19.3 Å². The molecule has 0 amide bonds. The molecule has 1 aliphatic carbocycles. The highest BCUT2D eigenvalue weighted by Crippen LogP contribution is 2.36. The molecule has 3 nitrogen and oxygen atoms in total. The Kier molecular flexibility index (Phi) is 3.87. The summed E-state index contributed by atoms with van der Waals surface area (Å²) in [6.07, 6.45) is 6.92. The lowest BCUT2D eigenvalue weighted by atomic mass is 9.80. The van der Waals surface area contributed by atoms with Gasteiger partial charge in [-0.05, 0) is 39.7 Å². The Labute approximate surface area is 105 Å². The molecule has 1 fully saturated rings. The molecule has 1 unspecified atom stereocenters. The van der Waals surface area contributed by atoms with Crippen LogP contribution in [0.5, 0.6) is 0 Å². The van der Waals surface area contributed by atoms with Crippen LogP contribution in [-0.4, -0.2) is 16.8 Å². The standard InChI is InChI=1S/C14H25N3/c1-10-13(11(2)17(4)16-10)14(15-3)12-8-6-5-7-9-12/h12,14-15H,5-9H2,1-4H3. The summed E-state index contributed by atoms with van der Waals surface area (Å²) in [7, 11) is 4.13. The Morgan fingerprint density at radius 2 is 1.88 bits per heavy atom. The number of rotatable bonds is 3. The second-order valence-electron chi connectivity index (χ2n) is 5.37. The minimum atomic E-state index is 0.490. The number of hydrogen-bond acceptors (Lipinski definition) is 2. The van der Waals surface area contributed by atoms with E-state index in [1.165, 1.54) is 49.1 Å². The van der Waals surface area contributed by atoms with Crippen LogP contribution in [0.15, 0.2) is 0 Å². The fraction of sp³-hybridized carbons (Fsp3) is 0.786. The van der Waals surface area contributed by atoms with Crippen LogP contribution in [0.2, 0.25) is 0 Å². The molecule has 0 spiro atoms. The maximum atomic E-state index is 4.55. The van der Waals surface area contributed by atoms with E-state index in [4.69, 9.17) is 0 Å². The average Bonchev–Trinajstić information content (AvgIpc) is 2.58. The minimum Gasteiger partial charge on any atom is -0.313 e. The Balaban J connectivity index is 2.27. The lowest BCUT2D eigenvalue weighted by Crippen LogP contribution is -2.28. The minimum absolute atomic E-state index is 0.490. The monoisotopic (exact) mass is 235 g/mol. The van der Waals surface area contributed by atoms with Gasteiger partial charge in [-0.3, -0.25) is 4.68 Å². The van der Waals surface area contributed by atoms with Crippen LogP contribution in [0.3, 0.4) is 0 Å². The van der Waals surface area contributed by atoms with Crippen molar-refractivity contribution >= 4 is 0 Å². The van der Waals surface area contributed by atoms with Crippen LogP contribution in [0.25, 0.3) is 0 Å². The zero-order valence-corrected chi connectivity index (χ0v) is 11.6. The van der Waals surface area contributed by atoms with E-state index < -0.39 is 0 Å². The van der Waals surface area contributed by atoms with Crippen molar-refractivity contribution in [2.24, 2.45) is 13.0 Å². The molecule has 1 aromatic rings. The quantitative estimate of drug-likeness (QED) is 0.873. The first kappa shape index (κ1) is 12.6. The van der Waals surface area contributed by atoms with Crippen molar-refractivity contribution in [3.63, 3.8) is 0 Å². The Bertz CT molecular complexity index is 375. The SMILES string of the molecule is CNC(c1c(C)nn(C)c1C)C1CCCCC1. The summed E-state index contributed by atoms with van der Waals surface area (Å²) in [5.41, 5.74) is 3.93. The van der Waals surface area contributed by atoms with E-state index >= 15 is 0 Å². The van der Waals surface area contributed by atoms with Crippen LogP contribution in [0, 0.1) is 19.8 Å². The molecule has 1 N–H and O–H groups in total. The molecule has 0 saturated heterocycles. The molecule has 0 aliphatic heterocycles. The van der Waals surface area contributed by atoms with Gasteiger partial charge in [0.15, 0.2) is 0 Å². The van der Waals surface area contributed by atoms with E-state index in [2.05, 4.69) is 31.3 Å². The molecule has 1 atom stereocenters. The zero-order valence-electron chi connectivity index (χ0n) is 11.6. The van der Waals surface area contributed by atoms with Gasteiger partial charge in [-0.25, -0.2) is 0 Å². The van der Waals surface area contributed by atoms with Crippen LogP contribution in [0.1, 0.15) is 55.1 Å². The van der Waals surface area contributed by atoms with Crippen molar-refractivity contribution in [3.8, 4) is 0 Å². The van der Waals surface area contributed by atoms with Gasteiger partial charge >= 0.3 is 0 Å². The first-order valence-electron chi connectivity index (χ1n) is 6.82. The van der Waals surface area contributed by atoms with Crippen molar-refractivity contribution in [2.45, 2.75) is 52.0 Å². The molecule has 17 heavy (non-hydrogen) atoms. The number of nitrogens with one attached hydrogen (secondary N) is 1. The van der Waals surface area contributed by atoms with Crippen molar-refractivity contribution in [1.29, 1.82) is 0 Å². The molecular weight excluding hydrogens is 210 g/mol. The Morgan fingerprint density at radius 3 is 2.35 bits per heavy atom. The summed E-state index contributed by atoms with van der Waals surface area (Å²) < 4.78 is 2.01. The number of hydrogen-bond donors (Lipinski definition) is 1. The molecule has 1 heterocycles.